The van der Waals surface area contributed by atoms with Crippen molar-refractivity contribution in [2.24, 2.45) is 35.3 Å². The number of aliphatic hydroxyl groups is 3. The van der Waals surface area contributed by atoms with E-state index in [1.54, 1.807) is 36.9 Å². The molecule has 3 aliphatic rings. The number of nitrogens with one attached hydrogen (secondary N) is 7. The SMILES string of the molecule is CC[C@H](C)[C@@H]1CC(=O)CNC(=O)[C@H]2CC(=O)[C@H]([C@@H](C)[C@@H](O)CO)NC(=O)[C@@H]3C[C@@H](O)CN3C(=O)[C@H](CC(N)=O)NC(=O)[C@H](CS(=O)c3[nH]c4c(CSCCCCn5cc(CNC(=O)CC(C)C(=O)O)nn5)c(OC)ccc4c3C2)NC(=O)CNC1=O. The van der Waals surface area contributed by atoms with Gasteiger partial charge in [-0.3, -0.25) is 61.6 Å². The van der Waals surface area contributed by atoms with Crippen LogP contribution in [-0.2, 0) is 88.8 Å². The number of thioether (sulfide) groups is 1. The number of carbonyl (C=O) groups excluding carboxylic acids is 10. The van der Waals surface area contributed by atoms with Gasteiger partial charge in [0.25, 0.3) is 0 Å². The molecule has 12 atom stereocenters. The predicted octanol–water partition coefficient (Wildman–Crippen LogP) is -2.40. The number of methoxy groups -OCH3 is 1. The minimum atomic E-state index is -2.41. The van der Waals surface area contributed by atoms with Crippen LogP contribution in [0.4, 0.5) is 0 Å². The molecule has 3 aliphatic heterocycles. The Morgan fingerprint density at radius 2 is 1.69 bits per heavy atom. The first-order valence-corrected chi connectivity index (χ1v) is 30.9. The zero-order valence-electron chi connectivity index (χ0n) is 48.6. The van der Waals surface area contributed by atoms with Crippen molar-refractivity contribution in [3.05, 3.63) is 35.2 Å². The van der Waals surface area contributed by atoms with Crippen LogP contribution < -0.4 is 42.4 Å². The van der Waals surface area contributed by atoms with Gasteiger partial charge in [-0.25, -0.2) is 0 Å². The highest BCUT2D eigenvalue weighted by Crippen LogP contribution is 2.37. The highest BCUT2D eigenvalue weighted by Gasteiger charge is 2.45. The lowest BCUT2D eigenvalue weighted by Crippen LogP contribution is -2.60. The fraction of sp³-hybridized carbons (Fsp3) is 0.618. The number of rotatable bonds is 20. The van der Waals surface area contributed by atoms with Gasteiger partial charge in [0, 0.05) is 73.2 Å². The van der Waals surface area contributed by atoms with Crippen LogP contribution in [0.3, 0.4) is 0 Å². The second-order valence-corrected chi connectivity index (χ2v) is 24.7. The minimum Gasteiger partial charge on any atom is -0.496 e. The highest BCUT2D eigenvalue weighted by atomic mass is 32.2. The van der Waals surface area contributed by atoms with Gasteiger partial charge >= 0.3 is 5.97 Å². The van der Waals surface area contributed by atoms with Crippen LogP contribution in [0.15, 0.2) is 23.4 Å². The van der Waals surface area contributed by atoms with Crippen molar-refractivity contribution in [1.82, 2.24) is 56.8 Å². The fourth-order valence-corrected chi connectivity index (χ4v) is 12.9. The first-order valence-electron chi connectivity index (χ1n) is 28.4. The van der Waals surface area contributed by atoms with Crippen LogP contribution in [0.25, 0.3) is 10.9 Å². The van der Waals surface area contributed by atoms with Crippen LogP contribution >= 0.6 is 11.8 Å². The second kappa shape index (κ2) is 31.3. The Hall–Kier alpha value is -7.35. The first kappa shape index (κ1) is 67.8. The maximum atomic E-state index is 15.3. The van der Waals surface area contributed by atoms with E-state index >= 15 is 4.21 Å². The summed E-state index contributed by atoms with van der Waals surface area (Å²) in [7, 11) is -0.966. The third kappa shape index (κ3) is 17.9. The van der Waals surface area contributed by atoms with Crippen molar-refractivity contribution in [2.45, 2.75) is 146 Å². The number of hydrogen-bond acceptors (Lipinski definition) is 19. The number of carboxylic acids is 1. The van der Waals surface area contributed by atoms with E-state index in [2.05, 4.69) is 47.2 Å². The van der Waals surface area contributed by atoms with Crippen LogP contribution in [0.5, 0.6) is 5.75 Å². The number of hydrogen-bond donors (Lipinski definition) is 12. The van der Waals surface area contributed by atoms with Gasteiger partial charge in [-0.05, 0) is 48.6 Å². The summed E-state index contributed by atoms with van der Waals surface area (Å²) in [6.07, 6.45) is -2.56. The quantitative estimate of drug-likeness (QED) is 0.0525. The zero-order valence-corrected chi connectivity index (χ0v) is 50.2. The molecule has 1 fully saturated rings. The number of nitrogens with zero attached hydrogens (tertiary/aromatic N) is 4. The summed E-state index contributed by atoms with van der Waals surface area (Å²) in [5.41, 5.74) is 7.21. The molecule has 0 saturated carbocycles. The number of carboxylic acid groups (broad SMARTS) is 1. The number of carbonyl (C=O) groups is 11. The summed E-state index contributed by atoms with van der Waals surface area (Å²) in [5.74, 6) is -14.4. The second-order valence-electron chi connectivity index (χ2n) is 22.2. The summed E-state index contributed by atoms with van der Waals surface area (Å²) >= 11 is 1.51. The van der Waals surface area contributed by atoms with E-state index in [1.165, 1.54) is 32.7 Å². The molecular weight excluding hydrogens is 1160 g/mol. The van der Waals surface area contributed by atoms with Crippen molar-refractivity contribution >= 4 is 98.3 Å². The smallest absolute Gasteiger partial charge is 0.306 e. The van der Waals surface area contributed by atoms with Gasteiger partial charge in [0.05, 0.1) is 92.2 Å². The lowest BCUT2D eigenvalue weighted by molar-refractivity contribution is -0.144. The molecule has 1 aromatic carbocycles. The number of H-pyrrole nitrogens is 1. The lowest BCUT2D eigenvalue weighted by Gasteiger charge is -2.32. The Morgan fingerprint density at radius 1 is 0.953 bits per heavy atom. The van der Waals surface area contributed by atoms with Crippen LogP contribution in [-0.4, -0.2) is 196 Å². The number of nitrogens with two attached hydrogens (primary N) is 1. The predicted molar refractivity (Wildman–Crippen MR) is 308 cm³/mol. The molecule has 5 heterocycles. The van der Waals surface area contributed by atoms with Crippen molar-refractivity contribution in [2.75, 3.05) is 44.9 Å². The van der Waals surface area contributed by atoms with E-state index in [0.29, 0.717) is 59.5 Å². The normalized spacial score (nSPS) is 24.7. The fourth-order valence-electron chi connectivity index (χ4n) is 10.5. The minimum absolute atomic E-state index is 0.0622. The van der Waals surface area contributed by atoms with Crippen molar-refractivity contribution in [3.8, 4) is 5.75 Å². The van der Waals surface area contributed by atoms with Gasteiger partial charge in [0.15, 0.2) is 11.6 Å². The zero-order chi connectivity index (χ0) is 63.1. The maximum absolute atomic E-state index is 15.3. The molecule has 1 saturated heterocycles. The number of aromatic nitrogens is 4. The molecule has 13 N–H and O–H groups in total. The number of ketones is 2. The van der Waals surface area contributed by atoms with Gasteiger partial charge in [-0.15, -0.1) is 5.10 Å². The van der Waals surface area contributed by atoms with Gasteiger partial charge < -0.3 is 72.7 Å². The Kier molecular flexibility index (Phi) is 24.7. The van der Waals surface area contributed by atoms with Gasteiger partial charge in [-0.1, -0.05) is 39.3 Å². The molecule has 472 valence electrons. The third-order valence-corrected chi connectivity index (χ3v) is 18.3. The van der Waals surface area contributed by atoms with Crippen molar-refractivity contribution in [1.29, 1.82) is 0 Å². The summed E-state index contributed by atoms with van der Waals surface area (Å²) < 4.78 is 22.8. The van der Waals surface area contributed by atoms with Crippen LogP contribution in [0, 0.1) is 29.6 Å². The summed E-state index contributed by atoms with van der Waals surface area (Å²) in [6, 6.07) is -3.67. The number of unbranched alkanes of at least 4 members (excludes halogenated alkanes) is 1. The number of aromatic amines is 1. The molecule has 31 heteroatoms. The molecule has 2 bridgehead atoms. The summed E-state index contributed by atoms with van der Waals surface area (Å²) in [5, 5.41) is 64.8. The summed E-state index contributed by atoms with van der Waals surface area (Å²) in [6.45, 7) is 4.06. The van der Waals surface area contributed by atoms with E-state index in [9.17, 15) is 68.1 Å². The van der Waals surface area contributed by atoms with E-state index in [-0.39, 0.29) is 35.7 Å². The molecule has 2 aromatic heterocycles. The Labute approximate surface area is 502 Å². The molecular formula is C55H78N12O17S2. The van der Waals surface area contributed by atoms with E-state index in [1.807, 2.05) is 0 Å². The molecule has 0 spiro atoms. The van der Waals surface area contributed by atoms with Gasteiger partial charge in [-0.2, -0.15) is 11.8 Å². The first-order chi connectivity index (χ1) is 40.8. The molecule has 0 radical (unpaired) electrons. The van der Waals surface area contributed by atoms with E-state index < -0.39 is 199 Å². The van der Waals surface area contributed by atoms with E-state index in [0.717, 1.165) is 4.90 Å². The average Bonchev–Trinajstić information content (AvgIpc) is 2.01. The van der Waals surface area contributed by atoms with Crippen molar-refractivity contribution in [3.63, 3.8) is 0 Å². The number of fused-ring (bicyclic) bond motifs is 5. The van der Waals surface area contributed by atoms with Gasteiger partial charge in [0.2, 0.25) is 47.3 Å². The number of Topliss-reactive ketones (excluding diaryl/α,β-unsaturated/α-hetero) is 2. The molecule has 8 amide bonds. The molecule has 6 rings (SSSR count). The standard InChI is InChI=1S/C55H78N12O17S2/c1-6-27(2)35-16-32(69)20-58-49(76)30-14-36-34-9-10-43(84-5)37(25-85-12-8-7-11-66-22-31(64-65-66)19-57-45(74)13-28(3)55(81)82)48(34)63-53(36)86(83)26-39(60-46(75)21-59-50(35)77)51(78)61-38(18-44(56)73)54(80)67-23-33(70)17-40(67)52(79)62-47(41(71)15-30)29(4)42(72)24-68/h9-10,22,27-30,33,35,38-40,42,47,63,68,70,72H,6-8,11-21,23-26H2,1-5H3,(H2,56,73)(H,57,74)(H,58,76)(H,59,77)(H,60,75)(H,61,78)(H,62,79)(H,81,82)/t27-,28?,29-,30+,33+,35-,38-,39-,40-,42-,47-,86?/m0/s1. The monoisotopic (exact) mass is 1240 g/mol. The summed E-state index contributed by atoms with van der Waals surface area (Å²) in [4.78, 5) is 155. The largest absolute Gasteiger partial charge is 0.496 e. The van der Waals surface area contributed by atoms with Crippen LogP contribution in [0.1, 0.15) is 95.9 Å². The number of amides is 8. The van der Waals surface area contributed by atoms with Crippen molar-refractivity contribution < 1.29 is 82.1 Å². The number of primary amides is 1. The number of ether oxygens (including phenoxy) is 1. The Balaban J connectivity index is 1.43. The molecule has 0 aliphatic carbocycles. The molecule has 2 unspecified atom stereocenters. The molecule has 29 nitrogen and oxygen atoms in total. The lowest BCUT2D eigenvalue weighted by atomic mass is 9.85. The number of aryl methyl sites for hydroxylation is 1. The number of benzene rings is 1. The maximum Gasteiger partial charge on any atom is 0.306 e. The molecule has 86 heavy (non-hydrogen) atoms. The topological polar surface area (TPSA) is 443 Å². The van der Waals surface area contributed by atoms with Crippen LogP contribution in [0.2, 0.25) is 0 Å². The Bertz CT molecular complexity index is 3050. The highest BCUT2D eigenvalue weighted by molar-refractivity contribution is 7.98. The third-order valence-electron chi connectivity index (χ3n) is 15.8. The average molecular weight is 1240 g/mol. The van der Waals surface area contributed by atoms with E-state index in [4.69, 9.17) is 15.6 Å². The number of aliphatic hydroxyl groups excluding tert-OH is 3. The Morgan fingerprint density at radius 3 is 2.37 bits per heavy atom. The molecule has 3 aromatic rings. The number of aliphatic carboxylic acids is 1. The van der Waals surface area contributed by atoms with Gasteiger partial charge in [0.1, 0.15) is 34.6 Å².